The van der Waals surface area contributed by atoms with Crippen molar-refractivity contribution >= 4 is 33.7 Å². The first kappa shape index (κ1) is 22.9. The number of anilines is 1. The molecule has 3 fully saturated rings. The van der Waals surface area contributed by atoms with E-state index in [0.29, 0.717) is 28.2 Å². The van der Waals surface area contributed by atoms with Crippen LogP contribution in [0.15, 0.2) is 60.9 Å². The fourth-order valence-corrected chi connectivity index (χ4v) is 6.55. The summed E-state index contributed by atoms with van der Waals surface area (Å²) in [7, 11) is 0. The van der Waals surface area contributed by atoms with Crippen LogP contribution in [0.1, 0.15) is 25.7 Å². The van der Waals surface area contributed by atoms with Gasteiger partial charge < -0.3 is 20.0 Å². The van der Waals surface area contributed by atoms with Crippen LogP contribution >= 0.6 is 0 Å². The Hall–Kier alpha value is -4.27. The van der Waals surface area contributed by atoms with Gasteiger partial charge in [-0.3, -0.25) is 4.79 Å². The van der Waals surface area contributed by atoms with Crippen molar-refractivity contribution in [1.82, 2.24) is 19.5 Å². The summed E-state index contributed by atoms with van der Waals surface area (Å²) in [5.74, 6) is -1.47. The van der Waals surface area contributed by atoms with Gasteiger partial charge in [0.25, 0.3) is 0 Å². The molecule has 7 nitrogen and oxygen atoms in total. The lowest BCUT2D eigenvalue weighted by molar-refractivity contribution is -0.148. The van der Waals surface area contributed by atoms with Crippen LogP contribution in [0, 0.1) is 29.4 Å². The van der Waals surface area contributed by atoms with Gasteiger partial charge in [0.15, 0.2) is 11.5 Å². The van der Waals surface area contributed by atoms with Gasteiger partial charge in [0.1, 0.15) is 17.5 Å². The Morgan fingerprint density at radius 1 is 1.00 bits per heavy atom. The number of halogens is 2. The van der Waals surface area contributed by atoms with Crippen LogP contribution in [0.3, 0.4) is 0 Å². The Balaban J connectivity index is 1.42. The summed E-state index contributed by atoms with van der Waals surface area (Å²) in [6.07, 6.45) is 7.32. The number of carboxylic acids is 1. The maximum Gasteiger partial charge on any atom is 0.308 e. The fourth-order valence-electron chi connectivity index (χ4n) is 6.55. The van der Waals surface area contributed by atoms with Crippen LogP contribution in [-0.4, -0.2) is 36.6 Å². The average Bonchev–Trinajstić information content (AvgIpc) is 3.54. The number of rotatable bonds is 5. The van der Waals surface area contributed by atoms with Crippen molar-refractivity contribution in [1.29, 1.82) is 0 Å². The molecule has 3 aromatic heterocycles. The Labute approximate surface area is 216 Å². The van der Waals surface area contributed by atoms with Gasteiger partial charge in [0.05, 0.1) is 16.8 Å². The number of aromatic nitrogens is 4. The van der Waals surface area contributed by atoms with Crippen molar-refractivity contribution in [2.75, 3.05) is 5.32 Å². The van der Waals surface area contributed by atoms with Crippen molar-refractivity contribution < 1.29 is 18.7 Å². The second-order valence-corrected chi connectivity index (χ2v) is 10.4. The maximum absolute atomic E-state index is 14.5. The molecule has 2 atom stereocenters. The lowest BCUT2D eigenvalue weighted by Crippen LogP contribution is -2.51. The van der Waals surface area contributed by atoms with Crippen LogP contribution in [0.4, 0.5) is 14.6 Å². The zero-order valence-corrected chi connectivity index (χ0v) is 20.4. The summed E-state index contributed by atoms with van der Waals surface area (Å²) in [6.45, 7) is 0. The van der Waals surface area contributed by atoms with E-state index >= 15 is 0 Å². The number of aromatic amines is 1. The highest BCUT2D eigenvalue weighted by atomic mass is 19.1. The molecule has 192 valence electrons. The van der Waals surface area contributed by atoms with Crippen molar-refractivity contribution in [3.05, 3.63) is 72.6 Å². The molecule has 0 amide bonds. The van der Waals surface area contributed by atoms with E-state index in [1.165, 1.54) is 6.07 Å². The van der Waals surface area contributed by atoms with Gasteiger partial charge in [-0.15, -0.1) is 0 Å². The summed E-state index contributed by atoms with van der Waals surface area (Å²) in [5, 5.41) is 14.7. The number of benzene rings is 2. The molecule has 0 unspecified atom stereocenters. The minimum atomic E-state index is -0.785. The highest BCUT2D eigenvalue weighted by molar-refractivity contribution is 5.97. The first-order chi connectivity index (χ1) is 18.5. The molecule has 0 aliphatic heterocycles. The average molecular weight is 514 g/mol. The fraction of sp³-hybridized carbons (Fsp3) is 0.276. The SMILES string of the molecule is O=C(O)[C@@H]1C2CCC(CC2)[C@H]1Nc1nc(-c2c[nH]c3c(F)cc(F)cc23)nc2c1ccn2-c1ccccc1. The number of carbonyl (C=O) groups is 1. The minimum absolute atomic E-state index is 0.139. The molecule has 0 radical (unpaired) electrons. The second-order valence-electron chi connectivity index (χ2n) is 10.4. The smallest absolute Gasteiger partial charge is 0.308 e. The summed E-state index contributed by atoms with van der Waals surface area (Å²) in [6, 6.07) is 13.5. The predicted octanol–water partition coefficient (Wildman–Crippen LogP) is 6.15. The van der Waals surface area contributed by atoms with Crippen molar-refractivity contribution in [2.45, 2.75) is 31.7 Å². The van der Waals surface area contributed by atoms with Crippen LogP contribution in [0.2, 0.25) is 0 Å². The highest BCUT2D eigenvalue weighted by Crippen LogP contribution is 2.47. The molecule has 3 aliphatic carbocycles. The lowest BCUT2D eigenvalue weighted by atomic mass is 9.61. The van der Waals surface area contributed by atoms with Crippen molar-refractivity contribution in [3.63, 3.8) is 0 Å². The number of nitrogens with zero attached hydrogens (tertiary/aromatic N) is 3. The van der Waals surface area contributed by atoms with Crippen LogP contribution in [0.25, 0.3) is 39.0 Å². The molecule has 3 aliphatic rings. The number of hydrogen-bond donors (Lipinski definition) is 3. The number of H-pyrrole nitrogens is 1. The summed E-state index contributed by atoms with van der Waals surface area (Å²) >= 11 is 0. The third kappa shape index (κ3) is 3.56. The predicted molar refractivity (Wildman–Crippen MR) is 140 cm³/mol. The third-order valence-corrected chi connectivity index (χ3v) is 8.33. The molecule has 2 aromatic carbocycles. The number of fused-ring (bicyclic) bond motifs is 5. The first-order valence-corrected chi connectivity index (χ1v) is 12.9. The van der Waals surface area contributed by atoms with Gasteiger partial charge in [0.2, 0.25) is 0 Å². The quantitative estimate of drug-likeness (QED) is 0.262. The molecule has 8 rings (SSSR count). The molecular weight excluding hydrogens is 488 g/mol. The number of carboxylic acid groups (broad SMARTS) is 1. The maximum atomic E-state index is 14.5. The molecule has 5 aromatic rings. The van der Waals surface area contributed by atoms with E-state index in [0.717, 1.165) is 42.8 Å². The van der Waals surface area contributed by atoms with Crippen LogP contribution < -0.4 is 5.32 Å². The zero-order chi connectivity index (χ0) is 26.0. The molecule has 38 heavy (non-hydrogen) atoms. The van der Waals surface area contributed by atoms with Crippen molar-refractivity contribution in [3.8, 4) is 17.1 Å². The molecule has 3 heterocycles. The van der Waals surface area contributed by atoms with E-state index < -0.39 is 23.5 Å². The van der Waals surface area contributed by atoms with Crippen molar-refractivity contribution in [2.24, 2.45) is 17.8 Å². The number of aliphatic carboxylic acids is 1. The lowest BCUT2D eigenvalue weighted by Gasteiger charge is -2.47. The van der Waals surface area contributed by atoms with E-state index in [4.69, 9.17) is 9.97 Å². The topological polar surface area (TPSA) is 95.8 Å². The Bertz CT molecular complexity index is 1690. The Kier molecular flexibility index (Phi) is 5.21. The summed E-state index contributed by atoms with van der Waals surface area (Å²) in [5.41, 5.74) is 2.15. The van der Waals surface area contributed by atoms with Gasteiger partial charge >= 0.3 is 5.97 Å². The van der Waals surface area contributed by atoms with E-state index in [1.807, 2.05) is 47.2 Å². The normalized spacial score (nSPS) is 22.8. The third-order valence-electron chi connectivity index (χ3n) is 8.33. The van der Waals surface area contributed by atoms with Gasteiger partial charge in [-0.05, 0) is 61.8 Å². The van der Waals surface area contributed by atoms with E-state index in [1.54, 1.807) is 6.20 Å². The number of hydrogen-bond acceptors (Lipinski definition) is 4. The zero-order valence-electron chi connectivity index (χ0n) is 20.4. The van der Waals surface area contributed by atoms with Gasteiger partial charge in [0, 0.05) is 41.1 Å². The molecule has 0 spiro atoms. The van der Waals surface area contributed by atoms with E-state index in [9.17, 15) is 18.7 Å². The van der Waals surface area contributed by atoms with Gasteiger partial charge in [-0.1, -0.05) is 18.2 Å². The first-order valence-electron chi connectivity index (χ1n) is 12.9. The molecule has 9 heteroatoms. The highest BCUT2D eigenvalue weighted by Gasteiger charge is 2.47. The molecule has 3 N–H and O–H groups in total. The molecule has 0 saturated heterocycles. The molecule has 3 saturated carbocycles. The van der Waals surface area contributed by atoms with Crippen LogP contribution in [-0.2, 0) is 4.79 Å². The molecular formula is C29H25F2N5O2. The van der Waals surface area contributed by atoms with Gasteiger partial charge in [-0.2, -0.15) is 0 Å². The minimum Gasteiger partial charge on any atom is -0.481 e. The standard InChI is InChI=1S/C29H25F2N5O2/c30-17-12-20-21(14-32-25(20)22(31)13-17)27-34-26(33-24-16-8-6-15(7-9-16)23(24)29(37)38)19-10-11-36(28(19)35-27)18-4-2-1-3-5-18/h1-5,10-16,23-24,32H,6-9H2,(H,37,38)(H,33,34,35)/t15?,16?,23-,24-/m1/s1. The summed E-state index contributed by atoms with van der Waals surface area (Å²) in [4.78, 5) is 24.9. The van der Waals surface area contributed by atoms with E-state index in [-0.39, 0.29) is 23.4 Å². The van der Waals surface area contributed by atoms with Gasteiger partial charge in [-0.25, -0.2) is 18.7 Å². The monoisotopic (exact) mass is 513 g/mol. The number of nitrogens with one attached hydrogen (secondary N) is 2. The largest absolute Gasteiger partial charge is 0.481 e. The summed E-state index contributed by atoms with van der Waals surface area (Å²) < 4.78 is 30.6. The second kappa shape index (κ2) is 8.65. The van der Waals surface area contributed by atoms with Crippen LogP contribution in [0.5, 0.6) is 0 Å². The number of para-hydroxylation sites is 1. The molecule has 2 bridgehead atoms. The Morgan fingerprint density at radius 3 is 2.53 bits per heavy atom. The van der Waals surface area contributed by atoms with E-state index in [2.05, 4.69) is 10.3 Å². The Morgan fingerprint density at radius 2 is 1.76 bits per heavy atom.